The molecular formula is C40H24O. The van der Waals surface area contributed by atoms with Crippen LogP contribution < -0.4 is 0 Å². The fourth-order valence-electron chi connectivity index (χ4n) is 6.06. The second-order valence-corrected chi connectivity index (χ2v) is 10.00. The molecule has 0 aliphatic carbocycles. The molecule has 0 saturated carbocycles. The van der Waals surface area contributed by atoms with Gasteiger partial charge in [0.25, 0.3) is 0 Å². The van der Waals surface area contributed by atoms with Gasteiger partial charge in [-0.05, 0) is 78.0 Å². The first-order valence-corrected chi connectivity index (χ1v) is 13.2. The molecule has 8 aromatic carbocycles. The maximum absolute atomic E-state index is 9.45. The Morgan fingerprint density at radius 3 is 2.17 bits per heavy atom. The van der Waals surface area contributed by atoms with Gasteiger partial charge in [-0.15, -0.1) is 0 Å². The van der Waals surface area contributed by atoms with Gasteiger partial charge in [0.2, 0.25) is 0 Å². The lowest BCUT2D eigenvalue weighted by Gasteiger charge is -2.15. The molecule has 0 aliphatic heterocycles. The Hall–Kier alpha value is -5.40. The summed E-state index contributed by atoms with van der Waals surface area (Å²) in [7, 11) is 0. The zero-order valence-electron chi connectivity index (χ0n) is 32.4. The summed E-state index contributed by atoms with van der Waals surface area (Å²) in [5.74, 6) is 0. The molecule has 0 amide bonds. The molecule has 0 fully saturated rings. The topological polar surface area (TPSA) is 13.1 Å². The predicted octanol–water partition coefficient (Wildman–Crippen LogP) is 11.5. The number of furan rings is 1. The Morgan fingerprint density at radius 1 is 0.488 bits per heavy atom. The molecule has 190 valence electrons. The van der Waals surface area contributed by atoms with E-state index in [-0.39, 0.29) is 37.9 Å². The van der Waals surface area contributed by atoms with Gasteiger partial charge in [0, 0.05) is 16.3 Å². The van der Waals surface area contributed by atoms with Crippen molar-refractivity contribution in [2.75, 3.05) is 0 Å². The van der Waals surface area contributed by atoms with Crippen LogP contribution in [-0.2, 0) is 0 Å². The van der Waals surface area contributed by atoms with E-state index in [1.54, 1.807) is 18.2 Å². The van der Waals surface area contributed by atoms with E-state index in [9.17, 15) is 4.11 Å². The van der Waals surface area contributed by atoms with Gasteiger partial charge in [-0.2, -0.15) is 0 Å². The molecule has 1 nitrogen and oxygen atoms in total. The Labute approximate surface area is 252 Å². The third-order valence-electron chi connectivity index (χ3n) is 7.78. The standard InChI is InChI=1S/C40H24O/c1-2-12-26(13-3-1)37-30-17-8-5-15-28(30)24-35-39-33(19-10-20-36(39)41-40(35)37)38-31-18-9-6-14-27(31)23-34-29-16-7-4-11-25(29)21-22-32(34)38/h1-24H/i4D,6D,7D,9D,11D,14D,16D,18D,21D,22D,23D. The summed E-state index contributed by atoms with van der Waals surface area (Å²) in [5.41, 5.74) is 3.36. The van der Waals surface area contributed by atoms with Crippen molar-refractivity contribution in [3.05, 3.63) is 145 Å². The number of hydrogen-bond donors (Lipinski definition) is 0. The van der Waals surface area contributed by atoms with E-state index in [0.717, 1.165) is 21.9 Å². The summed E-state index contributed by atoms with van der Waals surface area (Å²) in [6.07, 6.45) is 0. The van der Waals surface area contributed by atoms with E-state index in [4.69, 9.17) is 15.4 Å². The van der Waals surface area contributed by atoms with Gasteiger partial charge in [-0.3, -0.25) is 0 Å². The lowest BCUT2D eigenvalue weighted by molar-refractivity contribution is 0.670. The summed E-state index contributed by atoms with van der Waals surface area (Å²) in [5, 5.41) is 2.40. The fraction of sp³-hybridized carbons (Fsp3) is 0. The molecule has 0 radical (unpaired) electrons. The Bertz CT molecular complexity index is 3080. The highest BCUT2D eigenvalue weighted by Crippen LogP contribution is 2.47. The highest BCUT2D eigenvalue weighted by molar-refractivity contribution is 6.27. The minimum Gasteiger partial charge on any atom is -0.455 e. The molecule has 0 N–H and O–H groups in total. The monoisotopic (exact) mass is 531 g/mol. The van der Waals surface area contributed by atoms with Gasteiger partial charge in [-0.25, -0.2) is 0 Å². The van der Waals surface area contributed by atoms with Crippen molar-refractivity contribution in [1.82, 2.24) is 0 Å². The molecule has 0 unspecified atom stereocenters. The molecule has 1 heteroatoms. The normalized spacial score (nSPS) is 15.7. The fourth-order valence-corrected chi connectivity index (χ4v) is 6.06. The van der Waals surface area contributed by atoms with Crippen LogP contribution in [0.3, 0.4) is 0 Å². The minimum atomic E-state index is -0.588. The summed E-state index contributed by atoms with van der Waals surface area (Å²) in [6, 6.07) is 19.3. The Morgan fingerprint density at radius 2 is 1.27 bits per heavy atom. The van der Waals surface area contributed by atoms with Crippen LogP contribution in [-0.4, -0.2) is 0 Å². The number of benzene rings is 8. The average Bonchev–Trinajstić information content (AvgIpc) is 3.53. The Kier molecular flexibility index (Phi) is 2.98. The molecule has 1 heterocycles. The van der Waals surface area contributed by atoms with Crippen molar-refractivity contribution in [2.45, 2.75) is 0 Å². The Balaban J connectivity index is 1.60. The molecule has 0 saturated heterocycles. The maximum Gasteiger partial charge on any atom is 0.143 e. The van der Waals surface area contributed by atoms with E-state index in [2.05, 4.69) is 0 Å². The second-order valence-electron chi connectivity index (χ2n) is 10.00. The summed E-state index contributed by atoms with van der Waals surface area (Å²) >= 11 is 0. The highest BCUT2D eigenvalue weighted by atomic mass is 16.3. The predicted molar refractivity (Wildman–Crippen MR) is 175 cm³/mol. The molecule has 9 aromatic rings. The molecule has 0 atom stereocenters. The van der Waals surface area contributed by atoms with Gasteiger partial charge >= 0.3 is 0 Å². The van der Waals surface area contributed by atoms with Gasteiger partial charge in [0.05, 0.1) is 15.1 Å². The van der Waals surface area contributed by atoms with Gasteiger partial charge in [-0.1, -0.05) is 127 Å². The van der Waals surface area contributed by atoms with E-state index in [1.165, 1.54) is 0 Å². The first kappa shape index (κ1) is 14.3. The number of fused-ring (bicyclic) bond motifs is 8. The minimum absolute atomic E-state index is 0.0315. The third kappa shape index (κ3) is 3.24. The molecule has 9 rings (SSSR count). The third-order valence-corrected chi connectivity index (χ3v) is 7.78. The van der Waals surface area contributed by atoms with Gasteiger partial charge in [0.15, 0.2) is 0 Å². The van der Waals surface area contributed by atoms with E-state index in [1.807, 2.05) is 60.7 Å². The first-order valence-electron chi connectivity index (χ1n) is 18.7. The lowest BCUT2D eigenvalue weighted by atomic mass is 9.87. The van der Waals surface area contributed by atoms with Crippen LogP contribution in [0.2, 0.25) is 0 Å². The van der Waals surface area contributed by atoms with Crippen molar-refractivity contribution in [3.63, 3.8) is 0 Å². The zero-order chi connectivity index (χ0) is 36.5. The van der Waals surface area contributed by atoms with Crippen LogP contribution in [0.5, 0.6) is 0 Å². The first-order chi connectivity index (χ1) is 24.9. The highest BCUT2D eigenvalue weighted by Gasteiger charge is 2.21. The van der Waals surface area contributed by atoms with Crippen LogP contribution in [0, 0.1) is 0 Å². The quantitative estimate of drug-likeness (QED) is 0.160. The largest absolute Gasteiger partial charge is 0.455 e. The summed E-state index contributed by atoms with van der Waals surface area (Å²) in [4.78, 5) is 0. The number of hydrogen-bond acceptors (Lipinski definition) is 1. The zero-order valence-corrected chi connectivity index (χ0v) is 21.4. The van der Waals surface area contributed by atoms with Crippen LogP contribution >= 0.6 is 0 Å². The molecule has 1 aromatic heterocycles. The molecule has 0 spiro atoms. The van der Waals surface area contributed by atoms with Crippen molar-refractivity contribution >= 4 is 65.0 Å². The summed E-state index contributed by atoms with van der Waals surface area (Å²) < 4.78 is 104. The SMILES string of the molecule is [2H]c1c([2H])c([2H])c2c([2H])c3c(c([2H])c([2H])c4c([2H])c([2H])c([2H])c([2H])c43)c(-c3cccc4oc5c(-c6ccccc6)c6ccccc6cc5c34)c2c1[2H]. The van der Waals surface area contributed by atoms with Crippen molar-refractivity contribution < 1.29 is 19.5 Å². The smallest absolute Gasteiger partial charge is 0.143 e. The molecule has 0 bridgehead atoms. The van der Waals surface area contributed by atoms with Crippen molar-refractivity contribution in [2.24, 2.45) is 0 Å². The maximum atomic E-state index is 9.45. The van der Waals surface area contributed by atoms with Crippen molar-refractivity contribution in [3.8, 4) is 22.3 Å². The van der Waals surface area contributed by atoms with Crippen LogP contribution in [0.25, 0.3) is 87.3 Å². The van der Waals surface area contributed by atoms with Crippen LogP contribution in [0.4, 0.5) is 0 Å². The average molecular weight is 532 g/mol. The summed E-state index contributed by atoms with van der Waals surface area (Å²) in [6.45, 7) is 0. The van der Waals surface area contributed by atoms with Gasteiger partial charge in [0.1, 0.15) is 11.2 Å². The van der Waals surface area contributed by atoms with Crippen molar-refractivity contribution in [1.29, 1.82) is 0 Å². The van der Waals surface area contributed by atoms with E-state index in [0.29, 0.717) is 27.5 Å². The van der Waals surface area contributed by atoms with E-state index >= 15 is 0 Å². The molecule has 0 aliphatic rings. The molecule has 41 heavy (non-hydrogen) atoms. The number of rotatable bonds is 2. The molecular weight excluding hydrogens is 496 g/mol. The lowest BCUT2D eigenvalue weighted by Crippen LogP contribution is -1.88. The second kappa shape index (κ2) is 8.55. The van der Waals surface area contributed by atoms with Gasteiger partial charge < -0.3 is 4.42 Å². The van der Waals surface area contributed by atoms with Crippen LogP contribution in [0.1, 0.15) is 15.1 Å². The van der Waals surface area contributed by atoms with Crippen LogP contribution in [0.15, 0.2) is 150 Å². The van der Waals surface area contributed by atoms with E-state index < -0.39 is 66.5 Å².